The van der Waals surface area contributed by atoms with Crippen molar-refractivity contribution in [2.45, 2.75) is 11.8 Å². The normalized spacial score (nSPS) is 12.2. The fourth-order valence-corrected chi connectivity index (χ4v) is 2.04. The molecule has 0 aliphatic carbocycles. The molecule has 0 aliphatic rings. The molecule has 1 aromatic rings. The zero-order valence-electron chi connectivity index (χ0n) is 7.46. The van der Waals surface area contributed by atoms with E-state index < -0.39 is 5.24 Å². The zero-order valence-corrected chi connectivity index (χ0v) is 9.79. The van der Waals surface area contributed by atoms with Gasteiger partial charge in [-0.3, -0.25) is 4.79 Å². The number of halogens is 2. The molecular weight excluding hydrogens is 239 g/mol. The van der Waals surface area contributed by atoms with E-state index in [1.54, 1.807) is 6.92 Å². The third-order valence-corrected chi connectivity index (χ3v) is 3.33. The van der Waals surface area contributed by atoms with Gasteiger partial charge in [-0.15, -0.1) is 0 Å². The highest BCUT2D eigenvalue weighted by Crippen LogP contribution is 2.32. The lowest BCUT2D eigenvalue weighted by molar-refractivity contribution is -0.108. The van der Waals surface area contributed by atoms with Gasteiger partial charge in [0.25, 0.3) is 0 Å². The van der Waals surface area contributed by atoms with Crippen LogP contribution >= 0.6 is 35.0 Å². The van der Waals surface area contributed by atoms with Gasteiger partial charge in [0.1, 0.15) is 0 Å². The van der Waals surface area contributed by atoms with Gasteiger partial charge in [-0.2, -0.15) is 0 Å². The summed E-state index contributed by atoms with van der Waals surface area (Å²) in [5.74, 6) is 0. The first-order valence-electron chi connectivity index (χ1n) is 3.90. The van der Waals surface area contributed by atoms with Crippen LogP contribution in [0.15, 0.2) is 45.2 Å². The third-order valence-electron chi connectivity index (χ3n) is 1.54. The molecule has 0 spiro atoms. The number of hydrogen-bond donors (Lipinski definition) is 0. The number of rotatable bonds is 3. The van der Waals surface area contributed by atoms with E-state index in [0.717, 1.165) is 4.90 Å². The Balaban J connectivity index is 2.80. The highest BCUT2D eigenvalue weighted by atomic mass is 35.5. The fraction of sp³-hybridized carbons (Fsp3) is 0.100. The second-order valence-corrected chi connectivity index (χ2v) is 4.62. The van der Waals surface area contributed by atoms with E-state index in [1.807, 2.05) is 30.3 Å². The first kappa shape index (κ1) is 11.6. The van der Waals surface area contributed by atoms with E-state index in [9.17, 15) is 4.79 Å². The highest BCUT2D eigenvalue weighted by Gasteiger charge is 2.07. The number of allylic oxidation sites excluding steroid dienone is 1. The van der Waals surface area contributed by atoms with E-state index in [2.05, 4.69) is 0 Å². The van der Waals surface area contributed by atoms with Gasteiger partial charge >= 0.3 is 0 Å². The Hall–Kier alpha value is -0.440. The van der Waals surface area contributed by atoms with Crippen LogP contribution in [0.1, 0.15) is 6.92 Å². The molecule has 0 amide bonds. The maximum Gasteiger partial charge on any atom is 0.250 e. The van der Waals surface area contributed by atoms with Crippen molar-refractivity contribution in [3.05, 3.63) is 40.3 Å². The number of hydrogen-bond acceptors (Lipinski definition) is 2. The molecule has 0 bridgehead atoms. The molecule has 1 aromatic carbocycles. The predicted molar refractivity (Wildman–Crippen MR) is 61.7 cm³/mol. The minimum absolute atomic E-state index is 0.377. The lowest BCUT2D eigenvalue weighted by Gasteiger charge is -2.01. The van der Waals surface area contributed by atoms with E-state index in [-0.39, 0.29) is 0 Å². The lowest BCUT2D eigenvalue weighted by atomic mass is 10.4. The molecular formula is C10H8Cl2OS. The van der Waals surface area contributed by atoms with Gasteiger partial charge in [-0.25, -0.2) is 0 Å². The van der Waals surface area contributed by atoms with Crippen molar-refractivity contribution in [1.82, 2.24) is 0 Å². The SMILES string of the molecule is C/C(C(=O)Cl)=C(/Cl)Sc1ccccc1. The molecule has 1 rings (SSSR count). The van der Waals surface area contributed by atoms with Gasteiger partial charge in [-0.1, -0.05) is 41.6 Å². The number of carbonyl (C=O) groups is 1. The van der Waals surface area contributed by atoms with Crippen LogP contribution in [-0.2, 0) is 4.79 Å². The van der Waals surface area contributed by atoms with Crippen molar-refractivity contribution >= 4 is 40.2 Å². The molecule has 0 saturated heterocycles. The van der Waals surface area contributed by atoms with Gasteiger partial charge in [-0.05, 0) is 30.7 Å². The van der Waals surface area contributed by atoms with Gasteiger partial charge in [0, 0.05) is 10.5 Å². The van der Waals surface area contributed by atoms with Crippen molar-refractivity contribution in [3.63, 3.8) is 0 Å². The molecule has 0 aromatic heterocycles. The first-order chi connectivity index (χ1) is 6.61. The molecule has 74 valence electrons. The topological polar surface area (TPSA) is 17.1 Å². The lowest BCUT2D eigenvalue weighted by Crippen LogP contribution is -1.88. The minimum Gasteiger partial charge on any atom is -0.276 e. The molecule has 14 heavy (non-hydrogen) atoms. The Morgan fingerprint density at radius 1 is 1.21 bits per heavy atom. The summed E-state index contributed by atoms with van der Waals surface area (Å²) in [4.78, 5) is 11.8. The Bertz CT molecular complexity index is 360. The molecule has 0 saturated carbocycles. The number of benzene rings is 1. The van der Waals surface area contributed by atoms with E-state index >= 15 is 0 Å². The Morgan fingerprint density at radius 3 is 2.29 bits per heavy atom. The molecule has 0 atom stereocenters. The van der Waals surface area contributed by atoms with Crippen molar-refractivity contribution in [2.24, 2.45) is 0 Å². The third kappa shape index (κ3) is 3.37. The van der Waals surface area contributed by atoms with Crippen molar-refractivity contribution in [3.8, 4) is 0 Å². The Kier molecular flexibility index (Phi) is 4.52. The summed E-state index contributed by atoms with van der Waals surface area (Å²) < 4.78 is 0.413. The van der Waals surface area contributed by atoms with Crippen LogP contribution in [0.5, 0.6) is 0 Å². The van der Waals surface area contributed by atoms with Gasteiger partial charge in [0.2, 0.25) is 5.24 Å². The summed E-state index contributed by atoms with van der Waals surface area (Å²) in [5.41, 5.74) is 0.377. The van der Waals surface area contributed by atoms with E-state index in [0.29, 0.717) is 9.94 Å². The van der Waals surface area contributed by atoms with Crippen LogP contribution in [0.2, 0.25) is 0 Å². The minimum atomic E-state index is -0.515. The van der Waals surface area contributed by atoms with Crippen LogP contribution in [0.25, 0.3) is 0 Å². The number of carbonyl (C=O) groups excluding carboxylic acids is 1. The molecule has 0 fully saturated rings. The monoisotopic (exact) mass is 246 g/mol. The smallest absolute Gasteiger partial charge is 0.250 e. The maximum atomic E-state index is 10.8. The van der Waals surface area contributed by atoms with Crippen molar-refractivity contribution < 1.29 is 4.79 Å². The second-order valence-electron chi connectivity index (χ2n) is 2.59. The highest BCUT2D eigenvalue weighted by molar-refractivity contribution is 8.04. The van der Waals surface area contributed by atoms with Crippen LogP contribution < -0.4 is 0 Å². The molecule has 0 radical (unpaired) electrons. The predicted octanol–water partition coefficient (Wildman–Crippen LogP) is 4.01. The largest absolute Gasteiger partial charge is 0.276 e. The van der Waals surface area contributed by atoms with E-state index in [4.69, 9.17) is 23.2 Å². The van der Waals surface area contributed by atoms with Gasteiger partial charge < -0.3 is 0 Å². The quantitative estimate of drug-likeness (QED) is 0.456. The average molecular weight is 247 g/mol. The summed E-state index contributed by atoms with van der Waals surface area (Å²) in [6.07, 6.45) is 0. The van der Waals surface area contributed by atoms with Crippen molar-refractivity contribution in [1.29, 1.82) is 0 Å². The summed E-state index contributed by atoms with van der Waals surface area (Å²) in [7, 11) is 0. The fourth-order valence-electron chi connectivity index (χ4n) is 0.746. The summed E-state index contributed by atoms with van der Waals surface area (Å²) >= 11 is 12.5. The standard InChI is InChI=1S/C10H8Cl2OS/c1-7(9(11)13)10(12)14-8-5-3-2-4-6-8/h2-6H,1H3/b10-7+. The maximum absolute atomic E-state index is 10.8. The van der Waals surface area contributed by atoms with Gasteiger partial charge in [0.05, 0.1) is 4.36 Å². The average Bonchev–Trinajstić information content (AvgIpc) is 2.18. The molecule has 0 heterocycles. The zero-order chi connectivity index (χ0) is 10.6. The summed E-state index contributed by atoms with van der Waals surface area (Å²) in [6.45, 7) is 1.60. The Labute approximate surface area is 97.1 Å². The molecule has 1 nitrogen and oxygen atoms in total. The number of thioether (sulfide) groups is 1. The van der Waals surface area contributed by atoms with Crippen LogP contribution in [0.4, 0.5) is 0 Å². The van der Waals surface area contributed by atoms with Crippen LogP contribution in [-0.4, -0.2) is 5.24 Å². The Morgan fingerprint density at radius 2 is 1.79 bits per heavy atom. The van der Waals surface area contributed by atoms with Crippen LogP contribution in [0, 0.1) is 0 Å². The summed E-state index contributed by atoms with van der Waals surface area (Å²) in [5, 5.41) is -0.515. The van der Waals surface area contributed by atoms with Crippen LogP contribution in [0.3, 0.4) is 0 Å². The summed E-state index contributed by atoms with van der Waals surface area (Å²) in [6, 6.07) is 9.56. The van der Waals surface area contributed by atoms with Gasteiger partial charge in [0.15, 0.2) is 0 Å². The molecule has 0 unspecified atom stereocenters. The van der Waals surface area contributed by atoms with E-state index in [1.165, 1.54) is 11.8 Å². The second kappa shape index (κ2) is 5.44. The first-order valence-corrected chi connectivity index (χ1v) is 5.47. The molecule has 0 aliphatic heterocycles. The molecule has 0 N–H and O–H groups in total. The molecule has 4 heteroatoms. The van der Waals surface area contributed by atoms with Crippen molar-refractivity contribution in [2.75, 3.05) is 0 Å².